The van der Waals surface area contributed by atoms with E-state index in [1.807, 2.05) is 6.07 Å². The van der Waals surface area contributed by atoms with Crippen LogP contribution in [0.15, 0.2) is 59.5 Å². The van der Waals surface area contributed by atoms with Gasteiger partial charge in [-0.05, 0) is 43.2 Å². The summed E-state index contributed by atoms with van der Waals surface area (Å²) in [6.45, 7) is 0.858. The van der Waals surface area contributed by atoms with Gasteiger partial charge in [-0.3, -0.25) is 9.59 Å². The van der Waals surface area contributed by atoms with Crippen molar-refractivity contribution in [2.24, 2.45) is 0 Å². The van der Waals surface area contributed by atoms with Crippen LogP contribution < -0.4 is 5.32 Å². The number of anilines is 1. The van der Waals surface area contributed by atoms with E-state index in [0.717, 1.165) is 19.3 Å². The van der Waals surface area contributed by atoms with Crippen molar-refractivity contribution in [3.63, 3.8) is 0 Å². The highest BCUT2D eigenvalue weighted by molar-refractivity contribution is 7.89. The number of hydrogen-bond donors (Lipinski definition) is 1. The van der Waals surface area contributed by atoms with Gasteiger partial charge in [-0.25, -0.2) is 8.42 Å². The molecule has 1 heterocycles. The highest BCUT2D eigenvalue weighted by Gasteiger charge is 2.27. The molecular formula is C21H25N3O4S. The van der Waals surface area contributed by atoms with Crippen LogP contribution in [0, 0.1) is 0 Å². The maximum atomic E-state index is 12.8. The Hall–Kier alpha value is -2.71. The Bertz CT molecular complexity index is 970. The summed E-state index contributed by atoms with van der Waals surface area (Å²) in [6, 6.07) is 15.0. The number of rotatable bonds is 6. The predicted octanol–water partition coefficient (Wildman–Crippen LogP) is 2.57. The highest BCUT2D eigenvalue weighted by Crippen LogP contribution is 2.21. The van der Waals surface area contributed by atoms with Crippen LogP contribution in [0.2, 0.25) is 0 Å². The van der Waals surface area contributed by atoms with Gasteiger partial charge in [0.2, 0.25) is 15.9 Å². The van der Waals surface area contributed by atoms with E-state index < -0.39 is 15.9 Å². The molecule has 1 N–H and O–H groups in total. The molecule has 1 saturated heterocycles. The molecule has 0 saturated carbocycles. The standard InChI is InChI=1S/C21H25N3O4S/c1-23(16-20(25)22-18-10-4-2-5-11-18)21(26)17-9-8-12-19(15-17)29(27,28)24-13-6-3-7-14-24/h2,4-5,8-12,15H,3,6-7,13-14,16H2,1H3,(H,22,25). The number of carbonyl (C=O) groups excluding carboxylic acids is 2. The average molecular weight is 416 g/mol. The fourth-order valence-corrected chi connectivity index (χ4v) is 4.84. The molecule has 0 bridgehead atoms. The third-order valence-electron chi connectivity index (χ3n) is 4.82. The molecule has 0 aromatic heterocycles. The van der Waals surface area contributed by atoms with Gasteiger partial charge in [0, 0.05) is 31.4 Å². The highest BCUT2D eigenvalue weighted by atomic mass is 32.2. The van der Waals surface area contributed by atoms with Crippen molar-refractivity contribution in [1.29, 1.82) is 0 Å². The van der Waals surface area contributed by atoms with Crippen molar-refractivity contribution >= 4 is 27.5 Å². The monoisotopic (exact) mass is 415 g/mol. The molecule has 1 aliphatic rings. The van der Waals surface area contributed by atoms with Crippen molar-refractivity contribution in [2.75, 3.05) is 32.0 Å². The first-order valence-corrected chi connectivity index (χ1v) is 11.0. The van der Waals surface area contributed by atoms with E-state index in [4.69, 9.17) is 0 Å². The van der Waals surface area contributed by atoms with Crippen LogP contribution >= 0.6 is 0 Å². The number of carbonyl (C=O) groups is 2. The summed E-state index contributed by atoms with van der Waals surface area (Å²) >= 11 is 0. The molecule has 0 atom stereocenters. The van der Waals surface area contributed by atoms with Crippen LogP contribution in [-0.4, -0.2) is 56.1 Å². The molecule has 2 aromatic rings. The number of para-hydroxylation sites is 1. The first kappa shape index (κ1) is 21.0. The Morgan fingerprint density at radius 2 is 1.69 bits per heavy atom. The summed E-state index contributed by atoms with van der Waals surface area (Å²) in [6.07, 6.45) is 2.72. The molecule has 2 amide bonds. The number of piperidine rings is 1. The maximum absolute atomic E-state index is 12.8. The van der Waals surface area contributed by atoms with Gasteiger partial charge in [0.25, 0.3) is 5.91 Å². The second kappa shape index (κ2) is 9.19. The van der Waals surface area contributed by atoms with Crippen LogP contribution in [0.1, 0.15) is 29.6 Å². The summed E-state index contributed by atoms with van der Waals surface area (Å²) in [5, 5.41) is 2.72. The molecule has 0 aliphatic carbocycles. The lowest BCUT2D eigenvalue weighted by Gasteiger charge is -2.26. The minimum atomic E-state index is -3.62. The molecule has 0 unspecified atom stereocenters. The molecule has 7 nitrogen and oxygen atoms in total. The minimum Gasteiger partial charge on any atom is -0.332 e. The summed E-state index contributed by atoms with van der Waals surface area (Å²) < 4.78 is 27.2. The number of amides is 2. The minimum absolute atomic E-state index is 0.104. The van der Waals surface area contributed by atoms with Gasteiger partial charge in [0.1, 0.15) is 0 Å². The smallest absolute Gasteiger partial charge is 0.254 e. The van der Waals surface area contributed by atoms with E-state index in [9.17, 15) is 18.0 Å². The molecule has 0 radical (unpaired) electrons. The quantitative estimate of drug-likeness (QED) is 0.786. The van der Waals surface area contributed by atoms with E-state index in [1.165, 1.54) is 28.4 Å². The van der Waals surface area contributed by atoms with Gasteiger partial charge in [0.15, 0.2) is 0 Å². The van der Waals surface area contributed by atoms with Crippen LogP contribution in [0.25, 0.3) is 0 Å². The molecule has 0 spiro atoms. The van der Waals surface area contributed by atoms with Crippen molar-refractivity contribution < 1.29 is 18.0 Å². The van der Waals surface area contributed by atoms with Crippen molar-refractivity contribution in [3.8, 4) is 0 Å². The molecule has 1 aliphatic heterocycles. The van der Waals surface area contributed by atoms with Crippen molar-refractivity contribution in [3.05, 3.63) is 60.2 Å². The zero-order valence-electron chi connectivity index (χ0n) is 16.4. The molecule has 2 aromatic carbocycles. The third-order valence-corrected chi connectivity index (χ3v) is 6.71. The van der Waals surface area contributed by atoms with E-state index in [-0.39, 0.29) is 22.9 Å². The fraction of sp³-hybridized carbons (Fsp3) is 0.333. The predicted molar refractivity (Wildman–Crippen MR) is 111 cm³/mol. The van der Waals surface area contributed by atoms with Gasteiger partial charge in [-0.1, -0.05) is 30.7 Å². The molecule has 154 valence electrons. The van der Waals surface area contributed by atoms with E-state index in [2.05, 4.69) is 5.32 Å². The number of sulfonamides is 1. The van der Waals surface area contributed by atoms with Crippen molar-refractivity contribution in [2.45, 2.75) is 24.2 Å². The zero-order chi connectivity index (χ0) is 20.9. The van der Waals surface area contributed by atoms with Gasteiger partial charge in [-0.15, -0.1) is 0 Å². The number of likely N-dealkylation sites (N-methyl/N-ethyl adjacent to an activating group) is 1. The lowest BCUT2D eigenvalue weighted by Crippen LogP contribution is -2.36. The maximum Gasteiger partial charge on any atom is 0.254 e. The molecule has 29 heavy (non-hydrogen) atoms. The third kappa shape index (κ3) is 5.21. The van der Waals surface area contributed by atoms with Crippen molar-refractivity contribution in [1.82, 2.24) is 9.21 Å². The first-order chi connectivity index (χ1) is 13.9. The lowest BCUT2D eigenvalue weighted by molar-refractivity contribution is -0.116. The van der Waals surface area contributed by atoms with Gasteiger partial charge < -0.3 is 10.2 Å². The van der Waals surface area contributed by atoms with Gasteiger partial charge >= 0.3 is 0 Å². The summed E-state index contributed by atoms with van der Waals surface area (Å²) in [7, 11) is -2.11. The van der Waals surface area contributed by atoms with Gasteiger partial charge in [0.05, 0.1) is 11.4 Å². The second-order valence-corrected chi connectivity index (χ2v) is 9.01. The number of hydrogen-bond acceptors (Lipinski definition) is 4. The topological polar surface area (TPSA) is 86.8 Å². The van der Waals surface area contributed by atoms with Crippen LogP contribution in [0.5, 0.6) is 0 Å². The van der Waals surface area contributed by atoms with Crippen LogP contribution in [0.4, 0.5) is 5.69 Å². The zero-order valence-corrected chi connectivity index (χ0v) is 17.2. The van der Waals surface area contributed by atoms with E-state index in [0.29, 0.717) is 18.8 Å². The number of nitrogens with zero attached hydrogens (tertiary/aromatic N) is 2. The molecule has 3 rings (SSSR count). The number of nitrogens with one attached hydrogen (secondary N) is 1. The first-order valence-electron chi connectivity index (χ1n) is 9.58. The Labute approximate surface area is 171 Å². The summed E-state index contributed by atoms with van der Waals surface area (Å²) in [4.78, 5) is 26.3. The SMILES string of the molecule is CN(CC(=O)Nc1ccccc1)C(=O)c1cccc(S(=O)(=O)N2CCCCC2)c1. The molecule has 1 fully saturated rings. The Morgan fingerprint density at radius 3 is 2.38 bits per heavy atom. The summed E-state index contributed by atoms with van der Waals surface area (Å²) in [5.74, 6) is -0.743. The normalized spacial score (nSPS) is 14.9. The molecule has 8 heteroatoms. The lowest BCUT2D eigenvalue weighted by atomic mass is 10.2. The number of benzene rings is 2. The average Bonchev–Trinajstić information content (AvgIpc) is 2.74. The Morgan fingerprint density at radius 1 is 1.00 bits per heavy atom. The van der Waals surface area contributed by atoms with Gasteiger partial charge in [-0.2, -0.15) is 4.31 Å². The fourth-order valence-electron chi connectivity index (χ4n) is 3.27. The molecular weight excluding hydrogens is 390 g/mol. The van der Waals surface area contributed by atoms with E-state index in [1.54, 1.807) is 36.4 Å². The largest absolute Gasteiger partial charge is 0.332 e. The summed E-state index contributed by atoms with van der Waals surface area (Å²) in [5.41, 5.74) is 0.881. The second-order valence-electron chi connectivity index (χ2n) is 7.07. The van der Waals surface area contributed by atoms with E-state index >= 15 is 0 Å². The van der Waals surface area contributed by atoms with Crippen LogP contribution in [-0.2, 0) is 14.8 Å². The Balaban J connectivity index is 1.69. The Kier molecular flexibility index (Phi) is 6.66. The van der Waals surface area contributed by atoms with Crippen LogP contribution in [0.3, 0.4) is 0 Å².